The molecule has 0 fully saturated rings. The van der Waals surface area contributed by atoms with Gasteiger partial charge in [-0.05, 0) is 54.4 Å². The molecule has 8 heteroatoms. The van der Waals surface area contributed by atoms with Crippen LogP contribution in [0.5, 0.6) is 0 Å². The fourth-order valence-corrected chi connectivity index (χ4v) is 2.73. The first-order valence-corrected chi connectivity index (χ1v) is 8.08. The number of aromatic nitrogens is 4. The van der Waals surface area contributed by atoms with Gasteiger partial charge in [0.1, 0.15) is 12.1 Å². The van der Waals surface area contributed by atoms with E-state index in [1.807, 2.05) is 31.1 Å². The standard InChI is InChI=1S/C18H19FN6O/c1-24(2)17(13-6-5-7-14(19)10-13)11-20-18(26)15-8-3-4-9-16(15)25-12-21-22-23-25/h3-10,12,17H,11H2,1-2H3,(H,20,26). The number of likely N-dealkylation sites (N-methyl/N-ethyl adjacent to an activating group) is 1. The van der Waals surface area contributed by atoms with Crippen molar-refractivity contribution in [1.82, 2.24) is 30.4 Å². The minimum absolute atomic E-state index is 0.158. The molecule has 0 aliphatic carbocycles. The molecule has 0 bridgehead atoms. The van der Waals surface area contributed by atoms with E-state index in [0.29, 0.717) is 17.8 Å². The molecule has 134 valence electrons. The first-order valence-electron chi connectivity index (χ1n) is 8.08. The van der Waals surface area contributed by atoms with Crippen molar-refractivity contribution in [2.24, 2.45) is 0 Å². The second-order valence-corrected chi connectivity index (χ2v) is 6.02. The third-order valence-corrected chi connectivity index (χ3v) is 4.06. The van der Waals surface area contributed by atoms with Crippen LogP contribution in [0.25, 0.3) is 5.69 Å². The maximum absolute atomic E-state index is 13.5. The van der Waals surface area contributed by atoms with Gasteiger partial charge in [0, 0.05) is 6.54 Å². The van der Waals surface area contributed by atoms with Crippen molar-refractivity contribution in [3.63, 3.8) is 0 Å². The molecule has 26 heavy (non-hydrogen) atoms. The summed E-state index contributed by atoms with van der Waals surface area (Å²) in [4.78, 5) is 14.6. The summed E-state index contributed by atoms with van der Waals surface area (Å²) in [5.74, 6) is -0.552. The molecule has 0 saturated carbocycles. The van der Waals surface area contributed by atoms with Gasteiger partial charge in [-0.15, -0.1) is 5.10 Å². The molecule has 0 aliphatic rings. The first-order chi connectivity index (χ1) is 12.6. The number of hydrogen-bond donors (Lipinski definition) is 1. The number of benzene rings is 2. The Kier molecular flexibility index (Phi) is 5.33. The predicted molar refractivity (Wildman–Crippen MR) is 94.3 cm³/mol. The number of rotatable bonds is 6. The molecular formula is C18H19FN6O. The third-order valence-electron chi connectivity index (χ3n) is 4.06. The van der Waals surface area contributed by atoms with Crippen LogP contribution in [0.3, 0.4) is 0 Å². The number of carbonyl (C=O) groups is 1. The number of nitrogens with one attached hydrogen (secondary N) is 1. The molecule has 1 atom stereocenters. The second-order valence-electron chi connectivity index (χ2n) is 6.02. The number of nitrogens with zero attached hydrogens (tertiary/aromatic N) is 5. The molecule has 0 saturated heterocycles. The molecule has 7 nitrogen and oxygen atoms in total. The van der Waals surface area contributed by atoms with E-state index in [4.69, 9.17) is 0 Å². The molecule has 1 unspecified atom stereocenters. The van der Waals surface area contributed by atoms with E-state index in [9.17, 15) is 9.18 Å². The number of carbonyl (C=O) groups excluding carboxylic acids is 1. The molecule has 3 aromatic rings. The van der Waals surface area contributed by atoms with Crippen LogP contribution in [0.2, 0.25) is 0 Å². The van der Waals surface area contributed by atoms with Gasteiger partial charge < -0.3 is 10.2 Å². The fraction of sp³-hybridized carbons (Fsp3) is 0.222. The van der Waals surface area contributed by atoms with E-state index in [1.54, 1.807) is 24.3 Å². The molecule has 0 spiro atoms. The Morgan fingerprint density at radius 1 is 1.23 bits per heavy atom. The summed E-state index contributed by atoms with van der Waals surface area (Å²) in [6.07, 6.45) is 1.43. The molecular weight excluding hydrogens is 335 g/mol. The Bertz CT molecular complexity index is 881. The van der Waals surface area contributed by atoms with E-state index in [2.05, 4.69) is 20.8 Å². The van der Waals surface area contributed by atoms with Crippen molar-refractivity contribution in [3.8, 4) is 5.69 Å². The quantitative estimate of drug-likeness (QED) is 0.731. The third kappa shape index (κ3) is 3.92. The smallest absolute Gasteiger partial charge is 0.253 e. The van der Waals surface area contributed by atoms with Crippen LogP contribution in [0.15, 0.2) is 54.9 Å². The molecule has 2 aromatic carbocycles. The summed E-state index contributed by atoms with van der Waals surface area (Å²) in [6.45, 7) is 0.333. The molecule has 0 radical (unpaired) electrons. The highest BCUT2D eigenvalue weighted by Gasteiger charge is 2.18. The van der Waals surface area contributed by atoms with Crippen LogP contribution in [0, 0.1) is 5.82 Å². The van der Waals surface area contributed by atoms with Crippen molar-refractivity contribution in [2.75, 3.05) is 20.6 Å². The van der Waals surface area contributed by atoms with Crippen LogP contribution < -0.4 is 5.32 Å². The average Bonchev–Trinajstić information content (AvgIpc) is 3.16. The summed E-state index contributed by atoms with van der Waals surface area (Å²) >= 11 is 0. The van der Waals surface area contributed by atoms with E-state index in [1.165, 1.54) is 23.1 Å². The van der Waals surface area contributed by atoms with E-state index in [-0.39, 0.29) is 17.8 Å². The summed E-state index contributed by atoms with van der Waals surface area (Å²) in [6, 6.07) is 13.3. The van der Waals surface area contributed by atoms with Crippen LogP contribution in [0.4, 0.5) is 4.39 Å². The van der Waals surface area contributed by atoms with Crippen molar-refractivity contribution in [1.29, 1.82) is 0 Å². The zero-order valence-electron chi connectivity index (χ0n) is 14.5. The molecule has 1 N–H and O–H groups in total. The molecule has 0 aliphatic heterocycles. The van der Waals surface area contributed by atoms with Crippen molar-refractivity contribution >= 4 is 5.91 Å². The van der Waals surface area contributed by atoms with E-state index < -0.39 is 0 Å². The first kappa shape index (κ1) is 17.7. The average molecular weight is 354 g/mol. The molecule has 3 rings (SSSR count). The van der Waals surface area contributed by atoms with Crippen LogP contribution in [-0.4, -0.2) is 51.7 Å². The lowest BCUT2D eigenvalue weighted by Gasteiger charge is -2.25. The Balaban J connectivity index is 1.78. The topological polar surface area (TPSA) is 75.9 Å². The van der Waals surface area contributed by atoms with Crippen molar-refractivity contribution in [3.05, 3.63) is 71.8 Å². The summed E-state index contributed by atoms with van der Waals surface area (Å²) in [7, 11) is 3.77. The Morgan fingerprint density at radius 3 is 2.73 bits per heavy atom. The van der Waals surface area contributed by atoms with E-state index >= 15 is 0 Å². The maximum atomic E-state index is 13.5. The van der Waals surface area contributed by atoms with Gasteiger partial charge in [-0.25, -0.2) is 4.39 Å². The number of para-hydroxylation sites is 1. The number of tetrazole rings is 1. The Labute approximate surface area is 150 Å². The van der Waals surface area contributed by atoms with Gasteiger partial charge in [0.15, 0.2) is 0 Å². The van der Waals surface area contributed by atoms with Gasteiger partial charge >= 0.3 is 0 Å². The van der Waals surface area contributed by atoms with Gasteiger partial charge in [-0.1, -0.05) is 24.3 Å². The normalized spacial score (nSPS) is 12.2. The summed E-state index contributed by atoms with van der Waals surface area (Å²) < 4.78 is 15.0. The Morgan fingerprint density at radius 2 is 2.04 bits per heavy atom. The van der Waals surface area contributed by atoms with Gasteiger partial charge in [0.25, 0.3) is 5.91 Å². The largest absolute Gasteiger partial charge is 0.350 e. The van der Waals surface area contributed by atoms with Gasteiger partial charge in [-0.2, -0.15) is 4.68 Å². The van der Waals surface area contributed by atoms with Gasteiger partial charge in [0.2, 0.25) is 0 Å². The van der Waals surface area contributed by atoms with Gasteiger partial charge in [0.05, 0.1) is 17.3 Å². The predicted octanol–water partition coefficient (Wildman–Crippen LogP) is 1.83. The number of halogens is 1. The van der Waals surface area contributed by atoms with Gasteiger partial charge in [-0.3, -0.25) is 4.79 Å². The monoisotopic (exact) mass is 354 g/mol. The lowest BCUT2D eigenvalue weighted by Crippen LogP contribution is -2.35. The molecule has 1 amide bonds. The highest BCUT2D eigenvalue weighted by Crippen LogP contribution is 2.19. The minimum atomic E-state index is -0.301. The summed E-state index contributed by atoms with van der Waals surface area (Å²) in [5.41, 5.74) is 1.84. The zero-order chi connectivity index (χ0) is 18.5. The highest BCUT2D eigenvalue weighted by atomic mass is 19.1. The van der Waals surface area contributed by atoms with E-state index in [0.717, 1.165) is 5.56 Å². The summed E-state index contributed by atoms with van der Waals surface area (Å²) in [5, 5.41) is 14.0. The van der Waals surface area contributed by atoms with Crippen LogP contribution in [-0.2, 0) is 0 Å². The molecule has 1 heterocycles. The minimum Gasteiger partial charge on any atom is -0.350 e. The lowest BCUT2D eigenvalue weighted by atomic mass is 10.1. The Hall–Kier alpha value is -3.13. The maximum Gasteiger partial charge on any atom is 0.253 e. The second kappa shape index (κ2) is 7.83. The zero-order valence-corrected chi connectivity index (χ0v) is 14.5. The number of amides is 1. The van der Waals surface area contributed by atoms with Crippen LogP contribution in [0.1, 0.15) is 22.0 Å². The number of hydrogen-bond acceptors (Lipinski definition) is 5. The SMILES string of the molecule is CN(C)C(CNC(=O)c1ccccc1-n1cnnn1)c1cccc(F)c1. The van der Waals surface area contributed by atoms with Crippen LogP contribution >= 0.6 is 0 Å². The highest BCUT2D eigenvalue weighted by molar-refractivity contribution is 5.97. The molecule has 1 aromatic heterocycles. The van der Waals surface area contributed by atoms with Crippen molar-refractivity contribution in [2.45, 2.75) is 6.04 Å². The fourth-order valence-electron chi connectivity index (χ4n) is 2.73. The van der Waals surface area contributed by atoms with Crippen molar-refractivity contribution < 1.29 is 9.18 Å². The lowest BCUT2D eigenvalue weighted by molar-refractivity contribution is 0.0941.